The molecule has 1 aliphatic rings. The molecule has 1 saturated heterocycles. The van der Waals surface area contributed by atoms with Gasteiger partial charge in [0.15, 0.2) is 0 Å². The summed E-state index contributed by atoms with van der Waals surface area (Å²) in [6, 6.07) is 9.88. The SMILES string of the molecule is Cc1[nH]c(C(=O)N2CCC(CC(=O)NC(C)c3ccccc3)CC2)c(C)c1C(=O)OC(C)C. The third-order valence-corrected chi connectivity index (χ3v) is 6.25. The molecule has 7 nitrogen and oxygen atoms in total. The number of esters is 1. The van der Waals surface area contributed by atoms with Crippen LogP contribution in [-0.4, -0.2) is 46.9 Å². The van der Waals surface area contributed by atoms with Gasteiger partial charge in [-0.1, -0.05) is 30.3 Å². The number of H-pyrrole nitrogens is 1. The molecule has 2 amide bonds. The van der Waals surface area contributed by atoms with Gasteiger partial charge < -0.3 is 19.9 Å². The summed E-state index contributed by atoms with van der Waals surface area (Å²) in [7, 11) is 0. The zero-order valence-corrected chi connectivity index (χ0v) is 20.2. The molecular formula is C26H35N3O4. The van der Waals surface area contributed by atoms with Crippen LogP contribution in [0.4, 0.5) is 0 Å². The number of ether oxygens (including phenoxy) is 1. The van der Waals surface area contributed by atoms with Crippen molar-refractivity contribution >= 4 is 17.8 Å². The Bertz CT molecular complexity index is 988. The van der Waals surface area contributed by atoms with Gasteiger partial charge in [-0.05, 0) is 64.5 Å². The summed E-state index contributed by atoms with van der Waals surface area (Å²) in [6.45, 7) is 10.3. The van der Waals surface area contributed by atoms with Gasteiger partial charge in [0.1, 0.15) is 5.69 Å². The molecule has 1 aliphatic heterocycles. The van der Waals surface area contributed by atoms with Crippen LogP contribution in [0.1, 0.15) is 83.7 Å². The molecule has 1 atom stereocenters. The number of benzene rings is 1. The van der Waals surface area contributed by atoms with Crippen molar-refractivity contribution in [3.05, 3.63) is 58.4 Å². The van der Waals surface area contributed by atoms with Crippen molar-refractivity contribution in [3.63, 3.8) is 0 Å². The second-order valence-electron chi connectivity index (χ2n) is 9.22. The largest absolute Gasteiger partial charge is 0.459 e. The zero-order chi connectivity index (χ0) is 24.1. The third-order valence-electron chi connectivity index (χ3n) is 6.25. The van der Waals surface area contributed by atoms with E-state index in [2.05, 4.69) is 10.3 Å². The maximum absolute atomic E-state index is 13.1. The number of piperidine rings is 1. The minimum absolute atomic E-state index is 0.0314. The Kier molecular flexibility index (Phi) is 7.95. The van der Waals surface area contributed by atoms with Gasteiger partial charge in [0.05, 0.1) is 17.7 Å². The number of aryl methyl sites for hydroxylation is 1. The lowest BCUT2D eigenvalue weighted by Gasteiger charge is -2.32. The van der Waals surface area contributed by atoms with Crippen molar-refractivity contribution in [1.82, 2.24) is 15.2 Å². The number of carbonyl (C=O) groups excluding carboxylic acids is 3. The van der Waals surface area contributed by atoms with Crippen LogP contribution >= 0.6 is 0 Å². The highest BCUT2D eigenvalue weighted by molar-refractivity contribution is 6.00. The summed E-state index contributed by atoms with van der Waals surface area (Å²) < 4.78 is 5.32. The molecule has 1 unspecified atom stereocenters. The summed E-state index contributed by atoms with van der Waals surface area (Å²) in [5.41, 5.74) is 3.22. The van der Waals surface area contributed by atoms with Crippen LogP contribution in [-0.2, 0) is 9.53 Å². The van der Waals surface area contributed by atoms with Gasteiger partial charge in [-0.15, -0.1) is 0 Å². The van der Waals surface area contributed by atoms with Crippen LogP contribution in [0.5, 0.6) is 0 Å². The number of likely N-dealkylation sites (tertiary alicyclic amines) is 1. The lowest BCUT2D eigenvalue weighted by atomic mass is 9.92. The van der Waals surface area contributed by atoms with Crippen LogP contribution in [0.3, 0.4) is 0 Å². The van der Waals surface area contributed by atoms with E-state index in [1.165, 1.54) is 0 Å². The lowest BCUT2D eigenvalue weighted by Crippen LogP contribution is -2.40. The Labute approximate surface area is 195 Å². The Balaban J connectivity index is 1.54. The molecule has 7 heteroatoms. The fourth-order valence-corrected chi connectivity index (χ4v) is 4.43. The highest BCUT2D eigenvalue weighted by Crippen LogP contribution is 2.25. The minimum atomic E-state index is -0.412. The number of hydrogen-bond acceptors (Lipinski definition) is 4. The molecule has 1 fully saturated rings. The van der Waals surface area contributed by atoms with Crippen molar-refractivity contribution in [2.45, 2.75) is 66.0 Å². The number of amides is 2. The number of nitrogens with one attached hydrogen (secondary N) is 2. The minimum Gasteiger partial charge on any atom is -0.459 e. The molecule has 0 aliphatic carbocycles. The fourth-order valence-electron chi connectivity index (χ4n) is 4.43. The molecule has 2 heterocycles. The van der Waals surface area contributed by atoms with Gasteiger partial charge in [0, 0.05) is 25.2 Å². The van der Waals surface area contributed by atoms with Gasteiger partial charge in [-0.25, -0.2) is 4.79 Å². The third kappa shape index (κ3) is 6.03. The van der Waals surface area contributed by atoms with Gasteiger partial charge in [-0.3, -0.25) is 9.59 Å². The monoisotopic (exact) mass is 453 g/mol. The summed E-state index contributed by atoms with van der Waals surface area (Å²) in [4.78, 5) is 42.9. The van der Waals surface area contributed by atoms with Crippen LogP contribution in [0.25, 0.3) is 0 Å². The van der Waals surface area contributed by atoms with E-state index < -0.39 is 5.97 Å². The average molecular weight is 454 g/mol. The molecule has 0 bridgehead atoms. The van der Waals surface area contributed by atoms with E-state index >= 15 is 0 Å². The van der Waals surface area contributed by atoms with Gasteiger partial charge in [0.2, 0.25) is 5.91 Å². The van der Waals surface area contributed by atoms with E-state index in [-0.39, 0.29) is 29.9 Å². The molecule has 178 valence electrons. The number of aromatic nitrogens is 1. The molecule has 2 aromatic rings. The first-order valence-electron chi connectivity index (χ1n) is 11.7. The molecule has 3 rings (SSSR count). The van der Waals surface area contributed by atoms with Crippen molar-refractivity contribution in [1.29, 1.82) is 0 Å². The standard InChI is InChI=1S/C26H35N3O4/c1-16(2)33-26(32)23-17(3)24(28-19(23)5)25(31)29-13-11-20(12-14-29)15-22(30)27-18(4)21-9-7-6-8-10-21/h6-10,16,18,20,28H,11-15H2,1-5H3,(H,27,30). The molecule has 1 aromatic carbocycles. The molecule has 0 radical (unpaired) electrons. The number of aromatic amines is 1. The maximum atomic E-state index is 13.1. The van der Waals surface area contributed by atoms with Crippen molar-refractivity contribution in [2.75, 3.05) is 13.1 Å². The van der Waals surface area contributed by atoms with E-state index in [0.29, 0.717) is 42.0 Å². The normalized spacial score (nSPS) is 15.4. The predicted molar refractivity (Wildman–Crippen MR) is 127 cm³/mol. The van der Waals surface area contributed by atoms with Crippen LogP contribution in [0, 0.1) is 19.8 Å². The maximum Gasteiger partial charge on any atom is 0.340 e. The number of rotatable bonds is 7. The molecular weight excluding hydrogens is 418 g/mol. The predicted octanol–water partition coefficient (Wildman–Crippen LogP) is 4.32. The van der Waals surface area contributed by atoms with Crippen LogP contribution in [0.2, 0.25) is 0 Å². The van der Waals surface area contributed by atoms with Crippen molar-refractivity contribution in [2.24, 2.45) is 5.92 Å². The molecule has 1 aromatic heterocycles. The van der Waals surface area contributed by atoms with Crippen molar-refractivity contribution < 1.29 is 19.1 Å². The van der Waals surface area contributed by atoms with Gasteiger partial charge in [-0.2, -0.15) is 0 Å². The molecule has 33 heavy (non-hydrogen) atoms. The topological polar surface area (TPSA) is 91.5 Å². The summed E-state index contributed by atoms with van der Waals surface area (Å²) in [6.07, 6.45) is 1.79. The lowest BCUT2D eigenvalue weighted by molar-refractivity contribution is -0.122. The highest BCUT2D eigenvalue weighted by Gasteiger charge is 2.29. The van der Waals surface area contributed by atoms with E-state index in [9.17, 15) is 14.4 Å². The summed E-state index contributed by atoms with van der Waals surface area (Å²) in [5.74, 6) is -0.232. The number of nitrogens with zero attached hydrogens (tertiary/aromatic N) is 1. The summed E-state index contributed by atoms with van der Waals surface area (Å²) in [5, 5.41) is 3.08. The Hall–Kier alpha value is -3.09. The molecule has 0 saturated carbocycles. The molecule has 0 spiro atoms. The first-order valence-corrected chi connectivity index (χ1v) is 11.7. The Morgan fingerprint density at radius 1 is 1.09 bits per heavy atom. The number of hydrogen-bond donors (Lipinski definition) is 2. The Morgan fingerprint density at radius 2 is 1.73 bits per heavy atom. The molecule has 2 N–H and O–H groups in total. The van der Waals surface area contributed by atoms with E-state index in [0.717, 1.165) is 18.4 Å². The fraction of sp³-hybridized carbons (Fsp3) is 0.500. The van der Waals surface area contributed by atoms with E-state index in [1.807, 2.05) is 37.3 Å². The number of carbonyl (C=O) groups is 3. The average Bonchev–Trinajstić information content (AvgIpc) is 3.07. The Morgan fingerprint density at radius 3 is 2.33 bits per heavy atom. The van der Waals surface area contributed by atoms with Gasteiger partial charge in [0.25, 0.3) is 5.91 Å². The van der Waals surface area contributed by atoms with Gasteiger partial charge >= 0.3 is 5.97 Å². The second kappa shape index (κ2) is 10.7. The van der Waals surface area contributed by atoms with Crippen LogP contribution < -0.4 is 5.32 Å². The van der Waals surface area contributed by atoms with Crippen LogP contribution in [0.15, 0.2) is 30.3 Å². The summed E-state index contributed by atoms with van der Waals surface area (Å²) >= 11 is 0. The van der Waals surface area contributed by atoms with E-state index in [1.54, 1.807) is 32.6 Å². The van der Waals surface area contributed by atoms with Crippen molar-refractivity contribution in [3.8, 4) is 0 Å². The van der Waals surface area contributed by atoms with E-state index in [4.69, 9.17) is 4.74 Å². The first kappa shape index (κ1) is 24.6. The highest BCUT2D eigenvalue weighted by atomic mass is 16.5. The zero-order valence-electron chi connectivity index (χ0n) is 20.2. The quantitative estimate of drug-likeness (QED) is 0.611. The first-order chi connectivity index (χ1) is 15.7. The smallest absolute Gasteiger partial charge is 0.340 e. The second-order valence-corrected chi connectivity index (χ2v) is 9.22.